The first-order valence-electron chi connectivity index (χ1n) is 43.7. The van der Waals surface area contributed by atoms with E-state index in [4.69, 9.17) is 11.5 Å². The van der Waals surface area contributed by atoms with Crippen LogP contribution in [-0.4, -0.2) is 305 Å². The number of nitrogens with two attached hydrogens (primary N) is 2. The summed E-state index contributed by atoms with van der Waals surface area (Å²) in [7, 11) is 3.52. The molecule has 1 aromatic heterocycles. The van der Waals surface area contributed by atoms with Crippen molar-refractivity contribution in [3.05, 3.63) is 173 Å². The van der Waals surface area contributed by atoms with Crippen LogP contribution in [0.5, 0.6) is 5.75 Å². The Kier molecular flexibility index (Phi) is 37.9. The van der Waals surface area contributed by atoms with Crippen LogP contribution >= 0.6 is 11.8 Å². The molecule has 134 heavy (non-hydrogen) atoms. The van der Waals surface area contributed by atoms with E-state index in [1.807, 2.05) is 0 Å². The third kappa shape index (κ3) is 28.5. The Labute approximate surface area is 773 Å². The largest absolute Gasteiger partial charge is 0.508 e. The summed E-state index contributed by atoms with van der Waals surface area (Å²) in [5.41, 5.74) is 13.1. The number of unbranched alkanes of at least 4 members (excludes halogenated alkanes) is 1. The molecule has 43 heteroatoms. The second-order valence-electron chi connectivity index (χ2n) is 33.7. The number of nitrogens with one attached hydrogen (secondary N) is 10. The number of carboxylic acids is 2. The molecule has 3 saturated heterocycles. The minimum atomic E-state index is -2.08. The molecule has 0 saturated carbocycles. The molecule has 3 aliphatic heterocycles. The molecule has 722 valence electrons. The maximum absolute atomic E-state index is 15.7. The highest BCUT2D eigenvalue weighted by atomic mass is 32.2. The van der Waals surface area contributed by atoms with E-state index in [0.29, 0.717) is 57.9 Å². The number of likely N-dealkylation sites (N-methyl/N-ethyl adjacent to an activating group) is 3. The van der Waals surface area contributed by atoms with Crippen LogP contribution in [0.25, 0.3) is 10.9 Å². The van der Waals surface area contributed by atoms with E-state index in [1.54, 1.807) is 91.9 Å². The van der Waals surface area contributed by atoms with E-state index in [1.165, 1.54) is 58.4 Å². The zero-order valence-corrected chi connectivity index (χ0v) is 75.4. The molecular weight excluding hydrogens is 1770 g/mol. The molecule has 3 aliphatic rings. The molecule has 5 aromatic carbocycles. The molecular formula is C91H114F3N17O22S. The topological polar surface area (TPSA) is 584 Å². The number of aliphatic carboxylic acids is 2. The standard InChI is InChI=1S/C91H114F3N17O22S/c1-7-8-23-68-90(132)111-45-56(114)40-71(111)86(128)104-65(41-76(119)120)83(125)106-78(48(2)3)91(133)108(5)69(36-49-17-11-9-12-18-49)84(126)101-62(28-29-75(117)118)88(130)110-44-55(113)39-70(110)85(127)103-64(38-53-42-97-60-22-16-15-21-57(53)60)82(124)102-63(34-51-24-26-54(112)27-25-51)81(123)100-61(30-31-95)80(122)105-67(79(121)98-43-73(96)115)46-134-47-74(116)99-66(35-52-32-58(92)77(94)59(93)33-52)87(129)109(6)72(89(131)107(68)4)37-50-19-13-10-14-20-50/h9-22,24-27,32-33,42,48,55-56,61-72,78,97,112-114H,7-8,23,28-31,34-41,43-47,95H2,1-6H3,(H2,96,115)(H,98,121)(H,99,116)(H,100,123)(H,101,126)(H,102,124)(H,103,127)(H,104,128)(H,105,122)(H,106,125)(H,117,118)(H,119,120)/t55-,56-,61+,62+,63+,64+,65+,66+,67+,68+,69+,70-,71-,72+,78+/m1/s1. The second-order valence-corrected chi connectivity index (χ2v) is 34.8. The van der Waals surface area contributed by atoms with Crippen LogP contribution < -0.4 is 59.3 Å². The van der Waals surface area contributed by atoms with Gasteiger partial charge in [-0.3, -0.25) is 81.5 Å². The van der Waals surface area contributed by atoms with Crippen LogP contribution in [0, 0.1) is 23.4 Å². The zero-order valence-electron chi connectivity index (χ0n) is 74.6. The summed E-state index contributed by atoms with van der Waals surface area (Å²) in [6, 6.07) is 6.35. The predicted octanol–water partition coefficient (Wildman–Crippen LogP) is -1.03. The summed E-state index contributed by atoms with van der Waals surface area (Å²) in [6.45, 7) is 2.32. The third-order valence-corrected chi connectivity index (χ3v) is 24.5. The van der Waals surface area contributed by atoms with Crippen molar-refractivity contribution in [1.82, 2.24) is 77.3 Å². The highest BCUT2D eigenvalue weighted by Gasteiger charge is 2.48. The fraction of sp³-hybridized carbons (Fsp3) is 0.462. The number of carbonyl (C=O) groups is 17. The van der Waals surface area contributed by atoms with Gasteiger partial charge < -0.3 is 114 Å². The van der Waals surface area contributed by atoms with Gasteiger partial charge in [0, 0.05) is 108 Å². The summed E-state index contributed by atoms with van der Waals surface area (Å²) < 4.78 is 45.0. The van der Waals surface area contributed by atoms with Gasteiger partial charge in [-0.2, -0.15) is 0 Å². The van der Waals surface area contributed by atoms with Crippen molar-refractivity contribution in [2.24, 2.45) is 17.4 Å². The molecule has 3 fully saturated rings. The number of amides is 15. The number of aromatic amines is 1. The summed E-state index contributed by atoms with van der Waals surface area (Å²) in [6.07, 6.45) is -7.48. The van der Waals surface area contributed by atoms with Crippen molar-refractivity contribution >= 4 is 123 Å². The lowest BCUT2D eigenvalue weighted by Crippen LogP contribution is -2.62. The Bertz CT molecular complexity index is 5240. The number of fused-ring (bicyclic) bond motifs is 3. The molecule has 15 atom stereocenters. The lowest BCUT2D eigenvalue weighted by Gasteiger charge is -2.38. The first kappa shape index (κ1) is 104. The smallest absolute Gasteiger partial charge is 0.305 e. The van der Waals surface area contributed by atoms with Crippen LogP contribution in [0.4, 0.5) is 13.2 Å². The van der Waals surface area contributed by atoms with Gasteiger partial charge in [0.1, 0.15) is 84.3 Å². The number of halogens is 3. The number of phenolic OH excluding ortho intramolecular Hbond substituents is 1. The Morgan fingerprint density at radius 2 is 1.02 bits per heavy atom. The summed E-state index contributed by atoms with van der Waals surface area (Å²) in [5.74, 6) is -27.4. The molecule has 4 heterocycles. The predicted molar refractivity (Wildman–Crippen MR) is 478 cm³/mol. The lowest BCUT2D eigenvalue weighted by molar-refractivity contribution is -0.152. The first-order valence-corrected chi connectivity index (χ1v) is 44.8. The number of thioether (sulfide) groups is 1. The number of phenols is 1. The molecule has 15 amide bonds. The Hall–Kier alpha value is -13.6. The van der Waals surface area contributed by atoms with Crippen molar-refractivity contribution in [2.75, 3.05) is 58.8 Å². The van der Waals surface area contributed by atoms with E-state index >= 15 is 51.9 Å². The summed E-state index contributed by atoms with van der Waals surface area (Å²) in [5, 5.41) is 76.9. The van der Waals surface area contributed by atoms with Crippen molar-refractivity contribution in [2.45, 2.75) is 201 Å². The number of carboxylic acid groups (broad SMARTS) is 2. The Morgan fingerprint density at radius 1 is 0.515 bits per heavy atom. The van der Waals surface area contributed by atoms with Gasteiger partial charge in [-0.15, -0.1) is 11.8 Å². The maximum atomic E-state index is 15.7. The quantitative estimate of drug-likeness (QED) is 0.0322. The van der Waals surface area contributed by atoms with Gasteiger partial charge in [-0.05, 0) is 89.9 Å². The number of hydrogen-bond donors (Lipinski definition) is 17. The fourth-order valence-electron chi connectivity index (χ4n) is 16.2. The van der Waals surface area contributed by atoms with Gasteiger partial charge in [-0.1, -0.05) is 125 Å². The van der Waals surface area contributed by atoms with E-state index in [-0.39, 0.29) is 50.0 Å². The summed E-state index contributed by atoms with van der Waals surface area (Å²) in [4.78, 5) is 257. The molecule has 19 N–H and O–H groups in total. The first-order chi connectivity index (χ1) is 63.6. The highest BCUT2D eigenvalue weighted by Crippen LogP contribution is 2.29. The number of carbonyl (C=O) groups excluding carboxylic acids is 15. The SMILES string of the molecule is CCCC[C@H]1C(=O)N2C[C@H](O)C[C@@H]2C(=O)N[C@@H](CC(=O)O)C(=O)N[C@@H](C(C)C)C(=O)N(C)[C@@H](Cc2ccccc2)C(=O)N[C@@H](CCC(=O)O)C(=O)N2C[C@H](O)C[C@@H]2C(=O)N[C@@H](Cc2c[nH]c3ccccc23)C(=O)N[C@@H](Cc2ccc(O)cc2)C(=O)N[C@@H](CCN)C(=O)N[C@H](C(=O)NCC(N)=O)CSCC(=O)N[C@@H](Cc2cc(F)c(F)c(F)c2)C(=O)N(C)[C@@H](Cc2ccccc2)C(=O)N1C. The number of H-pyrrole nitrogens is 1. The number of nitrogens with zero attached hydrogens (tertiary/aromatic N) is 5. The molecule has 9 rings (SSSR count). The average Bonchev–Trinajstić information content (AvgIpc) is 1.17. The van der Waals surface area contributed by atoms with Crippen LogP contribution in [0.15, 0.2) is 128 Å². The van der Waals surface area contributed by atoms with Crippen molar-refractivity contribution in [1.29, 1.82) is 0 Å². The maximum Gasteiger partial charge on any atom is 0.305 e. The van der Waals surface area contributed by atoms with E-state index in [9.17, 15) is 68.3 Å². The van der Waals surface area contributed by atoms with Gasteiger partial charge in [-0.25, -0.2) is 13.2 Å². The number of hydrogen-bond acceptors (Lipinski definition) is 22. The Balaban J connectivity index is 1.14. The number of aliphatic hydroxyl groups is 2. The normalized spacial score (nSPS) is 24.6. The number of benzene rings is 5. The molecule has 39 nitrogen and oxygen atoms in total. The summed E-state index contributed by atoms with van der Waals surface area (Å²) >= 11 is 0.614. The zero-order chi connectivity index (χ0) is 98.1. The van der Waals surface area contributed by atoms with Gasteiger partial charge in [0.05, 0.1) is 30.9 Å². The van der Waals surface area contributed by atoms with Crippen molar-refractivity contribution < 1.29 is 120 Å². The van der Waals surface area contributed by atoms with Crippen LogP contribution in [0.2, 0.25) is 0 Å². The minimum Gasteiger partial charge on any atom is -0.508 e. The number of aromatic hydroxyl groups is 1. The molecule has 0 aliphatic carbocycles. The number of aliphatic hydroxyl groups excluding tert-OH is 2. The average molecular weight is 1890 g/mol. The van der Waals surface area contributed by atoms with Gasteiger partial charge in [0.25, 0.3) is 0 Å². The Morgan fingerprint density at radius 3 is 1.60 bits per heavy atom. The molecule has 0 radical (unpaired) electrons. The van der Waals surface area contributed by atoms with E-state index in [2.05, 4.69) is 52.8 Å². The van der Waals surface area contributed by atoms with E-state index < -0.39 is 303 Å². The van der Waals surface area contributed by atoms with Crippen LogP contribution in [-0.2, 0) is 114 Å². The fourth-order valence-corrected chi connectivity index (χ4v) is 17.1. The monoisotopic (exact) mass is 1890 g/mol. The number of rotatable bonds is 24. The minimum absolute atomic E-state index is 0.155. The molecule has 6 aromatic rings. The molecule has 0 bridgehead atoms. The third-order valence-electron chi connectivity index (χ3n) is 23.5. The van der Waals surface area contributed by atoms with Crippen molar-refractivity contribution in [3.63, 3.8) is 0 Å². The lowest BCUT2D eigenvalue weighted by atomic mass is 9.98. The van der Waals surface area contributed by atoms with Gasteiger partial charge >= 0.3 is 11.9 Å². The van der Waals surface area contributed by atoms with Crippen LogP contribution in [0.1, 0.15) is 106 Å². The second kappa shape index (κ2) is 48.7. The molecule has 0 spiro atoms. The van der Waals surface area contributed by atoms with Crippen molar-refractivity contribution in [3.8, 4) is 5.75 Å². The number of para-hydroxylation sites is 1. The van der Waals surface area contributed by atoms with Gasteiger partial charge in [0.15, 0.2) is 17.5 Å². The number of aromatic nitrogens is 1. The van der Waals surface area contributed by atoms with Crippen LogP contribution in [0.3, 0.4) is 0 Å². The number of primary amides is 1. The molecule has 0 unspecified atom stereocenters. The highest BCUT2D eigenvalue weighted by molar-refractivity contribution is 8.00. The van der Waals surface area contributed by atoms with Gasteiger partial charge in [0.2, 0.25) is 88.6 Å². The van der Waals surface area contributed by atoms with E-state index in [0.717, 1.165) is 31.5 Å².